The Bertz CT molecular complexity index is 280. The lowest BCUT2D eigenvalue weighted by atomic mass is 9.82. The molecule has 1 heterocycles. The molecule has 0 spiro atoms. The van der Waals surface area contributed by atoms with E-state index in [1.165, 1.54) is 6.42 Å². The Morgan fingerprint density at radius 3 is 2.42 bits per heavy atom. The normalized spacial score (nSPS) is 32.3. The van der Waals surface area contributed by atoms with Gasteiger partial charge in [0.25, 0.3) is 0 Å². The molecule has 4 nitrogen and oxygen atoms in total. The van der Waals surface area contributed by atoms with Gasteiger partial charge in [0.1, 0.15) is 0 Å². The van der Waals surface area contributed by atoms with E-state index < -0.39 is 0 Å². The first-order valence-corrected chi connectivity index (χ1v) is 7.75. The lowest BCUT2D eigenvalue weighted by molar-refractivity contribution is -0.133. The predicted molar refractivity (Wildman–Crippen MR) is 76.0 cm³/mol. The highest BCUT2D eigenvalue weighted by atomic mass is 16.5. The number of piperazine rings is 1. The summed E-state index contributed by atoms with van der Waals surface area (Å²) in [6.45, 7) is 8.73. The smallest absolute Gasteiger partial charge is 0.224 e. The van der Waals surface area contributed by atoms with Crippen LogP contribution in [0.25, 0.3) is 0 Å². The topological polar surface area (TPSA) is 41.6 Å². The van der Waals surface area contributed by atoms with Crippen molar-refractivity contribution in [3.8, 4) is 0 Å². The second-order valence-electron chi connectivity index (χ2n) is 6.29. The summed E-state index contributed by atoms with van der Waals surface area (Å²) in [5.74, 6) is 1.77. The van der Waals surface area contributed by atoms with E-state index in [0.29, 0.717) is 19.1 Å². The first-order chi connectivity index (χ1) is 9.15. The lowest BCUT2D eigenvalue weighted by Crippen LogP contribution is -2.46. The standard InChI is InChI=1S/C15H28N2O2/c1-12-9-13(2)11-14(10-12)19-8-3-15(18)17-6-4-16-5-7-17/h12-14,16H,3-11H2,1-2H3. The van der Waals surface area contributed by atoms with Gasteiger partial charge in [-0.15, -0.1) is 0 Å². The van der Waals surface area contributed by atoms with Crippen molar-refractivity contribution in [2.45, 2.75) is 45.6 Å². The number of nitrogens with one attached hydrogen (secondary N) is 1. The molecule has 0 bridgehead atoms. The molecular weight excluding hydrogens is 240 g/mol. The molecule has 1 aliphatic carbocycles. The summed E-state index contributed by atoms with van der Waals surface area (Å²) < 4.78 is 5.92. The van der Waals surface area contributed by atoms with Gasteiger partial charge in [-0.2, -0.15) is 0 Å². The SMILES string of the molecule is CC1CC(C)CC(OCCC(=O)N2CCNCC2)C1. The van der Waals surface area contributed by atoms with Crippen molar-refractivity contribution in [2.24, 2.45) is 11.8 Å². The van der Waals surface area contributed by atoms with Crippen molar-refractivity contribution in [3.05, 3.63) is 0 Å². The number of carbonyl (C=O) groups excluding carboxylic acids is 1. The van der Waals surface area contributed by atoms with Crippen molar-refractivity contribution in [1.82, 2.24) is 10.2 Å². The van der Waals surface area contributed by atoms with Crippen LogP contribution in [0.3, 0.4) is 0 Å². The van der Waals surface area contributed by atoms with Gasteiger partial charge < -0.3 is 15.0 Å². The monoisotopic (exact) mass is 268 g/mol. The molecule has 1 saturated heterocycles. The zero-order chi connectivity index (χ0) is 13.7. The largest absolute Gasteiger partial charge is 0.378 e. The van der Waals surface area contributed by atoms with Gasteiger partial charge in [0.2, 0.25) is 5.91 Å². The average Bonchev–Trinajstić information content (AvgIpc) is 2.38. The fourth-order valence-electron chi connectivity index (χ4n) is 3.39. The number of hydrogen-bond acceptors (Lipinski definition) is 3. The molecule has 0 radical (unpaired) electrons. The Balaban J connectivity index is 1.64. The fourth-order valence-corrected chi connectivity index (χ4v) is 3.39. The van der Waals surface area contributed by atoms with Crippen LogP contribution >= 0.6 is 0 Å². The molecule has 2 rings (SSSR count). The second-order valence-corrected chi connectivity index (χ2v) is 6.29. The van der Waals surface area contributed by atoms with Crippen LogP contribution in [0.1, 0.15) is 39.5 Å². The van der Waals surface area contributed by atoms with Gasteiger partial charge in [0.05, 0.1) is 19.1 Å². The summed E-state index contributed by atoms with van der Waals surface area (Å²) in [4.78, 5) is 13.9. The number of nitrogens with zero attached hydrogens (tertiary/aromatic N) is 1. The molecular formula is C15H28N2O2. The minimum absolute atomic E-state index is 0.249. The third-order valence-corrected chi connectivity index (χ3v) is 4.27. The molecule has 19 heavy (non-hydrogen) atoms. The second kappa shape index (κ2) is 7.25. The van der Waals surface area contributed by atoms with Crippen molar-refractivity contribution in [3.63, 3.8) is 0 Å². The first-order valence-electron chi connectivity index (χ1n) is 7.75. The Morgan fingerprint density at radius 1 is 1.16 bits per heavy atom. The lowest BCUT2D eigenvalue weighted by Gasteiger charge is -2.32. The van der Waals surface area contributed by atoms with E-state index in [-0.39, 0.29) is 5.91 Å². The van der Waals surface area contributed by atoms with Gasteiger partial charge in [0, 0.05) is 26.2 Å². The van der Waals surface area contributed by atoms with Crippen LogP contribution in [0.5, 0.6) is 0 Å². The van der Waals surface area contributed by atoms with E-state index in [2.05, 4.69) is 19.2 Å². The third-order valence-electron chi connectivity index (χ3n) is 4.27. The minimum Gasteiger partial charge on any atom is -0.378 e. The maximum Gasteiger partial charge on any atom is 0.224 e. The maximum atomic E-state index is 12.0. The molecule has 110 valence electrons. The molecule has 1 amide bonds. The zero-order valence-corrected chi connectivity index (χ0v) is 12.4. The van der Waals surface area contributed by atoms with E-state index >= 15 is 0 Å². The van der Waals surface area contributed by atoms with Gasteiger partial charge in [-0.25, -0.2) is 0 Å². The highest BCUT2D eigenvalue weighted by molar-refractivity contribution is 5.76. The zero-order valence-electron chi connectivity index (χ0n) is 12.4. The Labute approximate surface area is 116 Å². The van der Waals surface area contributed by atoms with Crippen molar-refractivity contribution >= 4 is 5.91 Å². The summed E-state index contributed by atoms with van der Waals surface area (Å²) in [6.07, 6.45) is 4.55. The summed E-state index contributed by atoms with van der Waals surface area (Å²) in [5, 5.41) is 3.26. The summed E-state index contributed by atoms with van der Waals surface area (Å²) >= 11 is 0. The van der Waals surface area contributed by atoms with Gasteiger partial charge in [-0.3, -0.25) is 4.79 Å². The molecule has 1 saturated carbocycles. The Morgan fingerprint density at radius 2 is 1.79 bits per heavy atom. The number of hydrogen-bond donors (Lipinski definition) is 1. The highest BCUT2D eigenvalue weighted by Gasteiger charge is 2.24. The summed E-state index contributed by atoms with van der Waals surface area (Å²) in [6, 6.07) is 0. The fraction of sp³-hybridized carbons (Fsp3) is 0.933. The molecule has 2 fully saturated rings. The average molecular weight is 268 g/mol. The molecule has 2 unspecified atom stereocenters. The van der Waals surface area contributed by atoms with Crippen LogP contribution < -0.4 is 5.32 Å². The number of amides is 1. The van der Waals surface area contributed by atoms with Crippen molar-refractivity contribution < 1.29 is 9.53 Å². The van der Waals surface area contributed by atoms with E-state index in [4.69, 9.17) is 4.74 Å². The molecule has 0 aromatic carbocycles. The third kappa shape index (κ3) is 4.77. The van der Waals surface area contributed by atoms with Crippen LogP contribution in [0.15, 0.2) is 0 Å². The highest BCUT2D eigenvalue weighted by Crippen LogP contribution is 2.30. The molecule has 1 N–H and O–H groups in total. The molecule has 0 aromatic heterocycles. The summed E-state index contributed by atoms with van der Waals surface area (Å²) in [7, 11) is 0. The minimum atomic E-state index is 0.249. The van der Waals surface area contributed by atoms with Crippen LogP contribution in [0.2, 0.25) is 0 Å². The van der Waals surface area contributed by atoms with Crippen molar-refractivity contribution in [1.29, 1.82) is 0 Å². The Hall–Kier alpha value is -0.610. The van der Waals surface area contributed by atoms with E-state index in [1.807, 2.05) is 4.90 Å². The van der Waals surface area contributed by atoms with E-state index in [1.54, 1.807) is 0 Å². The van der Waals surface area contributed by atoms with Gasteiger partial charge >= 0.3 is 0 Å². The molecule has 0 aromatic rings. The quantitative estimate of drug-likeness (QED) is 0.843. The van der Waals surface area contributed by atoms with Gasteiger partial charge in [-0.05, 0) is 31.1 Å². The van der Waals surface area contributed by atoms with Crippen LogP contribution in [-0.4, -0.2) is 49.7 Å². The van der Waals surface area contributed by atoms with Crippen molar-refractivity contribution in [2.75, 3.05) is 32.8 Å². The van der Waals surface area contributed by atoms with Gasteiger partial charge in [-0.1, -0.05) is 13.8 Å². The number of carbonyl (C=O) groups is 1. The molecule has 1 aliphatic heterocycles. The number of rotatable bonds is 4. The van der Waals surface area contributed by atoms with Crippen LogP contribution in [0, 0.1) is 11.8 Å². The predicted octanol–water partition coefficient (Wildman–Crippen LogP) is 1.65. The van der Waals surface area contributed by atoms with E-state index in [0.717, 1.165) is 50.9 Å². The first kappa shape index (κ1) is 14.8. The Kier molecular flexibility index (Phi) is 5.64. The maximum absolute atomic E-state index is 12.0. The van der Waals surface area contributed by atoms with E-state index in [9.17, 15) is 4.79 Å². The van der Waals surface area contributed by atoms with Gasteiger partial charge in [0.15, 0.2) is 0 Å². The summed E-state index contributed by atoms with van der Waals surface area (Å²) in [5.41, 5.74) is 0. The number of ether oxygens (including phenoxy) is 1. The molecule has 4 heteroatoms. The van der Waals surface area contributed by atoms with Crippen LogP contribution in [-0.2, 0) is 9.53 Å². The van der Waals surface area contributed by atoms with Crippen LogP contribution in [0.4, 0.5) is 0 Å². The molecule has 2 atom stereocenters. The molecule has 2 aliphatic rings.